The maximum Gasteiger partial charge on any atom is 0.336 e. The molecule has 1 N–H and O–H groups in total. The third-order valence-corrected chi connectivity index (χ3v) is 8.16. The number of benzene rings is 1. The SMILES string of the molecule is C=C1CS(=O)(=O)CC2=C(C(c3ccccc3)C(C(=O)OC)=C(C)N2)S(=O)(=O)C1. The Balaban J connectivity index is 2.34. The van der Waals surface area contributed by atoms with Crippen LogP contribution >= 0.6 is 0 Å². The van der Waals surface area contributed by atoms with Crippen LogP contribution in [0.5, 0.6) is 0 Å². The molecule has 2 aliphatic rings. The number of allylic oxidation sites excluding steroid dienone is 2. The number of esters is 1. The van der Waals surface area contributed by atoms with Gasteiger partial charge in [-0.2, -0.15) is 0 Å². The molecule has 9 heteroatoms. The zero-order valence-electron chi connectivity index (χ0n) is 15.6. The zero-order valence-corrected chi connectivity index (χ0v) is 17.2. The highest BCUT2D eigenvalue weighted by Crippen LogP contribution is 2.42. The minimum atomic E-state index is -3.93. The average molecular weight is 424 g/mol. The molecule has 0 aliphatic carbocycles. The van der Waals surface area contributed by atoms with Gasteiger partial charge < -0.3 is 10.1 Å². The van der Waals surface area contributed by atoms with Crippen LogP contribution in [0.2, 0.25) is 0 Å². The van der Waals surface area contributed by atoms with E-state index >= 15 is 0 Å². The van der Waals surface area contributed by atoms with Crippen LogP contribution < -0.4 is 5.32 Å². The second-order valence-electron chi connectivity index (χ2n) is 6.88. The van der Waals surface area contributed by atoms with E-state index in [2.05, 4.69) is 11.9 Å². The summed E-state index contributed by atoms with van der Waals surface area (Å²) in [6.45, 7) is 5.22. The van der Waals surface area contributed by atoms with Crippen LogP contribution in [0.3, 0.4) is 0 Å². The van der Waals surface area contributed by atoms with Crippen LogP contribution in [0.25, 0.3) is 0 Å². The first-order chi connectivity index (χ1) is 13.1. The van der Waals surface area contributed by atoms with E-state index in [1.54, 1.807) is 37.3 Å². The molecule has 1 unspecified atom stereocenters. The number of hydrogen-bond acceptors (Lipinski definition) is 7. The monoisotopic (exact) mass is 423 g/mol. The number of carbonyl (C=O) groups excluding carboxylic acids is 1. The molecule has 0 spiro atoms. The van der Waals surface area contributed by atoms with Crippen molar-refractivity contribution in [2.45, 2.75) is 12.8 Å². The van der Waals surface area contributed by atoms with E-state index in [1.165, 1.54) is 7.11 Å². The molecule has 3 rings (SSSR count). The minimum absolute atomic E-state index is 0.0755. The van der Waals surface area contributed by atoms with Crippen molar-refractivity contribution in [2.24, 2.45) is 0 Å². The number of methoxy groups -OCH3 is 1. The summed E-state index contributed by atoms with van der Waals surface area (Å²) in [6.07, 6.45) is 0. The van der Waals surface area contributed by atoms with Crippen LogP contribution in [0.4, 0.5) is 0 Å². The Morgan fingerprint density at radius 3 is 2.36 bits per heavy atom. The smallest absolute Gasteiger partial charge is 0.336 e. The fourth-order valence-electron chi connectivity index (χ4n) is 3.67. The van der Waals surface area contributed by atoms with Crippen LogP contribution in [-0.4, -0.2) is 47.2 Å². The Morgan fingerprint density at radius 2 is 1.75 bits per heavy atom. The Kier molecular flexibility index (Phi) is 5.24. The maximum absolute atomic E-state index is 13.2. The van der Waals surface area contributed by atoms with Gasteiger partial charge in [0.1, 0.15) is 0 Å². The molecule has 2 heterocycles. The Labute approximate surface area is 164 Å². The predicted octanol–water partition coefficient (Wildman–Crippen LogP) is 1.43. The molecule has 0 amide bonds. The molecule has 28 heavy (non-hydrogen) atoms. The number of hydrogen-bond donors (Lipinski definition) is 1. The quantitative estimate of drug-likeness (QED) is 0.566. The van der Waals surface area contributed by atoms with Gasteiger partial charge in [-0.25, -0.2) is 21.6 Å². The second kappa shape index (κ2) is 7.21. The molecule has 0 aromatic heterocycles. The van der Waals surface area contributed by atoms with E-state index in [0.29, 0.717) is 11.3 Å². The Bertz CT molecular complexity index is 1110. The molecule has 1 aromatic carbocycles. The van der Waals surface area contributed by atoms with Crippen LogP contribution in [-0.2, 0) is 29.2 Å². The molecule has 0 radical (unpaired) electrons. The van der Waals surface area contributed by atoms with E-state index in [1.807, 2.05) is 0 Å². The second-order valence-corrected chi connectivity index (χ2v) is 10.9. The molecule has 0 fully saturated rings. The van der Waals surface area contributed by atoms with Gasteiger partial charge in [0.15, 0.2) is 19.7 Å². The van der Waals surface area contributed by atoms with Gasteiger partial charge in [0.2, 0.25) is 0 Å². The first kappa shape index (κ1) is 20.3. The number of dihydropyridines is 1. The number of carbonyl (C=O) groups is 1. The van der Waals surface area contributed by atoms with Gasteiger partial charge in [0.25, 0.3) is 0 Å². The van der Waals surface area contributed by atoms with Crippen molar-refractivity contribution in [2.75, 3.05) is 24.4 Å². The van der Waals surface area contributed by atoms with Crippen molar-refractivity contribution < 1.29 is 26.4 Å². The molecule has 1 aromatic rings. The highest BCUT2D eigenvalue weighted by Gasteiger charge is 2.42. The largest absolute Gasteiger partial charge is 0.466 e. The summed E-state index contributed by atoms with van der Waals surface area (Å²) in [6, 6.07) is 8.64. The molecule has 150 valence electrons. The highest BCUT2D eigenvalue weighted by atomic mass is 32.2. The predicted molar refractivity (Wildman–Crippen MR) is 106 cm³/mol. The summed E-state index contributed by atoms with van der Waals surface area (Å²) in [5.74, 6) is -3.01. The minimum Gasteiger partial charge on any atom is -0.466 e. The summed E-state index contributed by atoms with van der Waals surface area (Å²) in [4.78, 5) is 12.4. The van der Waals surface area contributed by atoms with E-state index in [4.69, 9.17) is 4.74 Å². The average Bonchev–Trinajstić information content (AvgIpc) is 2.58. The summed E-state index contributed by atoms with van der Waals surface area (Å²) >= 11 is 0. The lowest BCUT2D eigenvalue weighted by atomic mass is 9.86. The first-order valence-electron chi connectivity index (χ1n) is 8.49. The Morgan fingerprint density at radius 1 is 1.11 bits per heavy atom. The molecule has 2 aliphatic heterocycles. The molecule has 0 saturated carbocycles. The lowest BCUT2D eigenvalue weighted by Crippen LogP contribution is -2.38. The Hall–Kier alpha value is -2.39. The summed E-state index contributed by atoms with van der Waals surface area (Å²) in [5.41, 5.74) is 1.24. The van der Waals surface area contributed by atoms with E-state index in [0.717, 1.165) is 0 Å². The van der Waals surface area contributed by atoms with Crippen LogP contribution in [0, 0.1) is 0 Å². The number of nitrogens with one attached hydrogen (secondary N) is 1. The third-order valence-electron chi connectivity index (χ3n) is 4.65. The van der Waals surface area contributed by atoms with Gasteiger partial charge in [0, 0.05) is 11.4 Å². The van der Waals surface area contributed by atoms with Gasteiger partial charge in [-0.1, -0.05) is 36.9 Å². The number of ether oxygens (including phenoxy) is 1. The molecule has 7 nitrogen and oxygen atoms in total. The highest BCUT2D eigenvalue weighted by molar-refractivity contribution is 7.96. The summed E-state index contributed by atoms with van der Waals surface area (Å²) in [7, 11) is -6.32. The molecular weight excluding hydrogens is 402 g/mol. The maximum atomic E-state index is 13.2. The van der Waals surface area contributed by atoms with Crippen molar-refractivity contribution in [1.29, 1.82) is 0 Å². The van der Waals surface area contributed by atoms with E-state index in [9.17, 15) is 21.6 Å². The van der Waals surface area contributed by atoms with E-state index in [-0.39, 0.29) is 21.7 Å². The van der Waals surface area contributed by atoms with Crippen molar-refractivity contribution >= 4 is 25.6 Å². The van der Waals surface area contributed by atoms with Gasteiger partial charge in [-0.3, -0.25) is 0 Å². The molecule has 0 bridgehead atoms. The van der Waals surface area contributed by atoms with E-state index < -0.39 is 48.8 Å². The first-order valence-corrected chi connectivity index (χ1v) is 12.0. The third kappa shape index (κ3) is 3.77. The van der Waals surface area contributed by atoms with Gasteiger partial charge in [-0.05, 0) is 18.1 Å². The number of rotatable bonds is 2. The lowest BCUT2D eigenvalue weighted by molar-refractivity contribution is -0.136. The van der Waals surface area contributed by atoms with Gasteiger partial charge in [0.05, 0.1) is 40.8 Å². The lowest BCUT2D eigenvalue weighted by Gasteiger charge is -2.33. The van der Waals surface area contributed by atoms with Gasteiger partial charge >= 0.3 is 5.97 Å². The van der Waals surface area contributed by atoms with Crippen molar-refractivity contribution in [3.05, 3.63) is 69.9 Å². The fourth-order valence-corrected chi connectivity index (χ4v) is 7.29. The van der Waals surface area contributed by atoms with Crippen LogP contribution in [0.1, 0.15) is 18.4 Å². The number of sulfone groups is 2. The molecule has 1 atom stereocenters. The summed E-state index contributed by atoms with van der Waals surface area (Å²) in [5, 5.41) is 2.85. The van der Waals surface area contributed by atoms with Crippen molar-refractivity contribution in [3.63, 3.8) is 0 Å². The summed E-state index contributed by atoms with van der Waals surface area (Å²) < 4.78 is 56.3. The zero-order chi connectivity index (χ0) is 20.7. The normalized spacial score (nSPS) is 23.9. The van der Waals surface area contributed by atoms with Crippen LogP contribution in [0.15, 0.2) is 64.4 Å². The van der Waals surface area contributed by atoms with Gasteiger partial charge in [-0.15, -0.1) is 0 Å². The van der Waals surface area contributed by atoms with Crippen molar-refractivity contribution in [3.8, 4) is 0 Å². The topological polar surface area (TPSA) is 107 Å². The van der Waals surface area contributed by atoms with Crippen molar-refractivity contribution in [1.82, 2.24) is 5.32 Å². The molecule has 0 saturated heterocycles. The molecular formula is C19H21NO6S2. The standard InChI is InChI=1S/C19H21NO6S2/c1-12-9-27(22,23)11-15-18(28(24,25)10-12)17(14-7-5-4-6-8-14)16(13(2)20-15)19(21)26-3/h4-8,17,20H,1,9-11H2,2-3H3. The fraction of sp³-hybridized carbons (Fsp3) is 0.316.